The Morgan fingerprint density at radius 3 is 2.46 bits per heavy atom. The zero-order valence-electron chi connectivity index (χ0n) is 15.0. The summed E-state index contributed by atoms with van der Waals surface area (Å²) >= 11 is 0. The average Bonchev–Trinajstić information content (AvgIpc) is 2.68. The summed E-state index contributed by atoms with van der Waals surface area (Å²) in [5, 5.41) is 3.19. The second-order valence-corrected chi connectivity index (χ2v) is 6.76. The summed E-state index contributed by atoms with van der Waals surface area (Å²) in [5.74, 6) is 0.232. The van der Waals surface area contributed by atoms with Crippen molar-refractivity contribution in [3.8, 4) is 0 Å². The van der Waals surface area contributed by atoms with E-state index in [0.29, 0.717) is 25.7 Å². The third-order valence-corrected chi connectivity index (χ3v) is 5.02. The first-order chi connectivity index (χ1) is 12.7. The lowest BCUT2D eigenvalue weighted by Gasteiger charge is -2.36. The highest BCUT2D eigenvalue weighted by atomic mass is 19.1. The number of benzene rings is 2. The fourth-order valence-corrected chi connectivity index (χ4v) is 3.38. The largest absolute Gasteiger partial charge is 0.381 e. The van der Waals surface area contributed by atoms with Crippen LogP contribution in [0, 0.1) is 5.82 Å². The summed E-state index contributed by atoms with van der Waals surface area (Å²) in [6.45, 7) is 2.70. The Morgan fingerprint density at radius 2 is 1.77 bits per heavy atom. The Balaban J connectivity index is 1.61. The van der Waals surface area contributed by atoms with Gasteiger partial charge >= 0.3 is 0 Å². The number of hydrogen-bond acceptors (Lipinski definition) is 2. The first-order valence-corrected chi connectivity index (χ1v) is 9.09. The molecule has 3 N–H and O–H groups in total. The van der Waals surface area contributed by atoms with Crippen molar-refractivity contribution in [1.82, 2.24) is 5.32 Å². The standard InChI is InChI=1S/C21H26FN3O/c22-19-8-6-18(7-9-19)21(11-14-26-15-12-21)16-25-20(23)24-13-10-17-4-2-1-3-5-17/h1-9H,10-16H2,(H3,23,24,25). The summed E-state index contributed by atoms with van der Waals surface area (Å²) < 4.78 is 18.8. The molecule has 138 valence electrons. The maximum Gasteiger partial charge on any atom is 0.188 e. The molecule has 4 nitrogen and oxygen atoms in total. The van der Waals surface area contributed by atoms with E-state index in [2.05, 4.69) is 22.4 Å². The molecule has 1 saturated heterocycles. The van der Waals surface area contributed by atoms with E-state index in [9.17, 15) is 4.39 Å². The number of rotatable bonds is 6. The molecule has 1 aliphatic rings. The van der Waals surface area contributed by atoms with E-state index in [0.717, 1.165) is 31.4 Å². The molecule has 0 atom stereocenters. The summed E-state index contributed by atoms with van der Waals surface area (Å²) in [6, 6.07) is 17.0. The number of guanidine groups is 1. The van der Waals surface area contributed by atoms with Crippen molar-refractivity contribution in [2.75, 3.05) is 26.3 Å². The van der Waals surface area contributed by atoms with Crippen LogP contribution >= 0.6 is 0 Å². The predicted molar refractivity (Wildman–Crippen MR) is 103 cm³/mol. The minimum absolute atomic E-state index is 0.141. The van der Waals surface area contributed by atoms with Gasteiger partial charge in [-0.25, -0.2) is 4.39 Å². The maximum absolute atomic E-state index is 13.3. The fourth-order valence-electron chi connectivity index (χ4n) is 3.38. The molecule has 0 amide bonds. The highest BCUT2D eigenvalue weighted by molar-refractivity contribution is 5.77. The van der Waals surface area contributed by atoms with E-state index in [4.69, 9.17) is 10.5 Å². The molecule has 0 aliphatic carbocycles. The normalized spacial score (nSPS) is 17.0. The van der Waals surface area contributed by atoms with Gasteiger partial charge in [0.25, 0.3) is 0 Å². The average molecular weight is 355 g/mol. The van der Waals surface area contributed by atoms with E-state index < -0.39 is 0 Å². The molecule has 1 heterocycles. The van der Waals surface area contributed by atoms with Crippen molar-refractivity contribution >= 4 is 5.96 Å². The molecule has 26 heavy (non-hydrogen) atoms. The molecule has 2 aromatic carbocycles. The molecule has 1 aliphatic heterocycles. The minimum atomic E-state index is -0.221. The van der Waals surface area contributed by atoms with E-state index >= 15 is 0 Å². The van der Waals surface area contributed by atoms with Gasteiger partial charge in [-0.1, -0.05) is 42.5 Å². The van der Waals surface area contributed by atoms with Crippen LogP contribution in [0.3, 0.4) is 0 Å². The molecule has 0 unspecified atom stereocenters. The molecular weight excluding hydrogens is 329 g/mol. The summed E-state index contributed by atoms with van der Waals surface area (Å²) in [6.07, 6.45) is 2.62. The lowest BCUT2D eigenvalue weighted by Crippen LogP contribution is -2.39. The van der Waals surface area contributed by atoms with Gasteiger partial charge in [-0.2, -0.15) is 0 Å². The van der Waals surface area contributed by atoms with Crippen molar-refractivity contribution in [3.05, 3.63) is 71.5 Å². The number of ether oxygens (including phenoxy) is 1. The smallest absolute Gasteiger partial charge is 0.188 e. The second kappa shape index (κ2) is 8.81. The molecular formula is C21H26FN3O. The molecule has 0 saturated carbocycles. The highest BCUT2D eigenvalue weighted by Crippen LogP contribution is 2.35. The lowest BCUT2D eigenvalue weighted by molar-refractivity contribution is 0.0531. The number of halogens is 1. The van der Waals surface area contributed by atoms with Crippen molar-refractivity contribution in [3.63, 3.8) is 0 Å². The van der Waals surface area contributed by atoms with Crippen molar-refractivity contribution < 1.29 is 9.13 Å². The molecule has 0 bridgehead atoms. The third kappa shape index (κ3) is 4.82. The Kier molecular flexibility index (Phi) is 6.23. The monoisotopic (exact) mass is 355 g/mol. The predicted octanol–water partition coefficient (Wildman–Crippen LogP) is 3.02. The third-order valence-electron chi connectivity index (χ3n) is 5.02. The van der Waals surface area contributed by atoms with Gasteiger partial charge in [0.2, 0.25) is 0 Å². The van der Waals surface area contributed by atoms with Crippen LogP contribution in [0.2, 0.25) is 0 Å². The van der Waals surface area contributed by atoms with Crippen LogP contribution in [0.15, 0.2) is 59.6 Å². The van der Waals surface area contributed by atoms with Gasteiger partial charge in [-0.3, -0.25) is 4.99 Å². The van der Waals surface area contributed by atoms with Gasteiger partial charge in [0.05, 0.1) is 6.54 Å². The zero-order chi connectivity index (χ0) is 18.2. The number of nitrogens with zero attached hydrogens (tertiary/aromatic N) is 1. The van der Waals surface area contributed by atoms with Gasteiger partial charge < -0.3 is 15.8 Å². The Morgan fingerprint density at radius 1 is 1.08 bits per heavy atom. The van der Waals surface area contributed by atoms with Gasteiger partial charge in [0, 0.05) is 25.2 Å². The molecule has 0 spiro atoms. The fraction of sp³-hybridized carbons (Fsp3) is 0.381. The molecule has 5 heteroatoms. The van der Waals surface area contributed by atoms with Gasteiger partial charge in [0.15, 0.2) is 5.96 Å². The zero-order valence-corrected chi connectivity index (χ0v) is 15.0. The molecule has 0 radical (unpaired) electrons. The van der Waals surface area contributed by atoms with Crippen LogP contribution in [0.4, 0.5) is 4.39 Å². The quantitative estimate of drug-likeness (QED) is 0.619. The number of nitrogens with two attached hydrogens (primary N) is 1. The molecule has 1 fully saturated rings. The summed E-state index contributed by atoms with van der Waals surface area (Å²) in [5.41, 5.74) is 8.29. The SMILES string of the molecule is NC(=NCC1(c2ccc(F)cc2)CCOCC1)NCCc1ccccc1. The number of nitrogens with one attached hydrogen (secondary N) is 1. The second-order valence-electron chi connectivity index (χ2n) is 6.76. The van der Waals surface area contributed by atoms with Crippen LogP contribution in [0.5, 0.6) is 0 Å². The van der Waals surface area contributed by atoms with E-state index in [1.165, 1.54) is 17.7 Å². The Labute approximate surface area is 154 Å². The number of aliphatic imine (C=N–C) groups is 1. The summed E-state index contributed by atoms with van der Waals surface area (Å²) in [7, 11) is 0. The molecule has 3 rings (SSSR count). The van der Waals surface area contributed by atoms with Crippen LogP contribution < -0.4 is 11.1 Å². The first kappa shape index (κ1) is 18.4. The van der Waals surface area contributed by atoms with Crippen molar-refractivity contribution in [2.45, 2.75) is 24.7 Å². The van der Waals surface area contributed by atoms with Gasteiger partial charge in [-0.15, -0.1) is 0 Å². The topological polar surface area (TPSA) is 59.6 Å². The first-order valence-electron chi connectivity index (χ1n) is 9.09. The highest BCUT2D eigenvalue weighted by Gasteiger charge is 2.34. The number of hydrogen-bond donors (Lipinski definition) is 2. The van der Waals surface area contributed by atoms with Crippen LogP contribution in [-0.2, 0) is 16.6 Å². The molecule has 0 aromatic heterocycles. The Bertz CT molecular complexity index is 710. The van der Waals surface area contributed by atoms with E-state index in [1.54, 1.807) is 0 Å². The van der Waals surface area contributed by atoms with Gasteiger partial charge in [-0.05, 0) is 42.5 Å². The lowest BCUT2D eigenvalue weighted by atomic mass is 9.74. The van der Waals surface area contributed by atoms with Crippen LogP contribution in [0.25, 0.3) is 0 Å². The van der Waals surface area contributed by atoms with E-state index in [-0.39, 0.29) is 11.2 Å². The van der Waals surface area contributed by atoms with Crippen molar-refractivity contribution in [2.24, 2.45) is 10.7 Å². The Hall–Kier alpha value is -2.40. The maximum atomic E-state index is 13.3. The van der Waals surface area contributed by atoms with Gasteiger partial charge in [0.1, 0.15) is 5.82 Å². The molecule has 2 aromatic rings. The van der Waals surface area contributed by atoms with Crippen LogP contribution in [-0.4, -0.2) is 32.3 Å². The minimum Gasteiger partial charge on any atom is -0.381 e. The van der Waals surface area contributed by atoms with Crippen molar-refractivity contribution in [1.29, 1.82) is 0 Å². The summed E-state index contributed by atoms with van der Waals surface area (Å²) in [4.78, 5) is 4.58. The van der Waals surface area contributed by atoms with Crippen LogP contribution in [0.1, 0.15) is 24.0 Å². The van der Waals surface area contributed by atoms with E-state index in [1.807, 2.05) is 30.3 Å².